The van der Waals surface area contributed by atoms with Crippen molar-refractivity contribution in [2.75, 3.05) is 0 Å². The molecule has 6 aromatic heterocycles. The molecule has 16 rings (SSSR count). The van der Waals surface area contributed by atoms with E-state index in [4.69, 9.17) is 4.98 Å². The van der Waals surface area contributed by atoms with Gasteiger partial charge in [0.05, 0.1) is 43.0 Å². The minimum Gasteiger partial charge on any atom is -0.255 e. The van der Waals surface area contributed by atoms with Crippen LogP contribution in [0.3, 0.4) is 0 Å². The van der Waals surface area contributed by atoms with Crippen LogP contribution in [0.25, 0.3) is 126 Å². The molecule has 0 amide bonds. The molecule has 0 unspecified atom stereocenters. The van der Waals surface area contributed by atoms with Gasteiger partial charge in [0.1, 0.15) is 16.7 Å². The lowest BCUT2D eigenvalue weighted by Gasteiger charge is -2.08. The van der Waals surface area contributed by atoms with Crippen molar-refractivity contribution < 1.29 is 13.7 Å². The number of hydrogen-bond acceptors (Lipinski definition) is 1. The third-order valence-corrected chi connectivity index (χ3v) is 16.1. The maximum absolute atomic E-state index is 4.70. The van der Waals surface area contributed by atoms with Gasteiger partial charge < -0.3 is 0 Å². The summed E-state index contributed by atoms with van der Waals surface area (Å²) in [5.41, 5.74) is 19.7. The van der Waals surface area contributed by atoms with Crippen LogP contribution in [0.1, 0.15) is 16.7 Å². The van der Waals surface area contributed by atoms with Crippen LogP contribution in [0, 0.1) is 20.8 Å². The number of benzene rings is 10. The number of aromatic nitrogens is 7. The highest BCUT2D eigenvalue weighted by atomic mass is 15.2. The second-order valence-electron chi connectivity index (χ2n) is 20.5. The first-order chi connectivity index (χ1) is 37.8. The molecule has 10 aromatic carbocycles. The summed E-state index contributed by atoms with van der Waals surface area (Å²) >= 11 is 0. The first-order valence-corrected chi connectivity index (χ1v) is 26.5. The van der Waals surface area contributed by atoms with E-state index in [2.05, 4.69) is 293 Å². The minimum absolute atomic E-state index is 1.08. The number of imidazole rings is 3. The first kappa shape index (κ1) is 45.9. The van der Waals surface area contributed by atoms with Crippen LogP contribution in [0.2, 0.25) is 0 Å². The second kappa shape index (κ2) is 18.0. The van der Waals surface area contributed by atoms with E-state index in [9.17, 15) is 0 Å². The molecular formula is C70H56N7+3. The summed E-state index contributed by atoms with van der Waals surface area (Å²) in [4.78, 5) is 4.70. The zero-order chi connectivity index (χ0) is 52.1. The lowest BCUT2D eigenvalue weighted by molar-refractivity contribution is -0.633. The van der Waals surface area contributed by atoms with Crippen molar-refractivity contribution in [1.82, 2.24) is 18.4 Å². The Morgan fingerprint density at radius 2 is 0.805 bits per heavy atom. The molecule has 0 atom stereocenters. The van der Waals surface area contributed by atoms with Crippen LogP contribution in [0.15, 0.2) is 231 Å². The van der Waals surface area contributed by atoms with Crippen molar-refractivity contribution in [3.05, 3.63) is 247 Å². The molecule has 0 fully saturated rings. The van der Waals surface area contributed by atoms with Crippen molar-refractivity contribution in [3.63, 3.8) is 0 Å². The largest absolute Gasteiger partial charge is 0.297 e. The van der Waals surface area contributed by atoms with Gasteiger partial charge in [0, 0.05) is 33.1 Å². The maximum atomic E-state index is 4.70. The summed E-state index contributed by atoms with van der Waals surface area (Å²) in [6.07, 6.45) is 1.91. The average Bonchev–Trinajstić information content (AvgIpc) is 4.31. The van der Waals surface area contributed by atoms with E-state index in [1.54, 1.807) is 0 Å². The summed E-state index contributed by atoms with van der Waals surface area (Å²) in [6, 6.07) is 80.0. The van der Waals surface area contributed by atoms with E-state index >= 15 is 0 Å². The lowest BCUT2D eigenvalue weighted by atomic mass is 9.97. The Morgan fingerprint density at radius 1 is 0.351 bits per heavy atom. The third kappa shape index (κ3) is 6.90. The van der Waals surface area contributed by atoms with Crippen molar-refractivity contribution in [2.24, 2.45) is 21.1 Å². The second-order valence-corrected chi connectivity index (χ2v) is 20.5. The summed E-state index contributed by atoms with van der Waals surface area (Å²) in [7, 11) is 6.50. The molecule has 0 bridgehead atoms. The fourth-order valence-electron chi connectivity index (χ4n) is 12.7. The number of hydrogen-bond donors (Lipinski definition) is 0. The van der Waals surface area contributed by atoms with Crippen LogP contribution in [0.5, 0.6) is 0 Å². The molecule has 0 saturated carbocycles. The van der Waals surface area contributed by atoms with Crippen LogP contribution in [-0.2, 0) is 21.1 Å². The zero-order valence-electron chi connectivity index (χ0n) is 44.1. The minimum atomic E-state index is 1.08. The number of aryl methyl sites for hydroxylation is 6. The molecule has 0 aliphatic carbocycles. The highest BCUT2D eigenvalue weighted by molar-refractivity contribution is 6.24. The van der Waals surface area contributed by atoms with E-state index in [0.29, 0.717) is 0 Å². The van der Waals surface area contributed by atoms with Crippen LogP contribution in [0.4, 0.5) is 0 Å². The third-order valence-electron chi connectivity index (χ3n) is 16.1. The molecule has 7 heteroatoms. The molecule has 0 radical (unpaired) electrons. The van der Waals surface area contributed by atoms with E-state index < -0.39 is 0 Å². The van der Waals surface area contributed by atoms with Gasteiger partial charge in [-0.2, -0.15) is 13.4 Å². The molecule has 0 aliphatic heterocycles. The summed E-state index contributed by atoms with van der Waals surface area (Å²) < 4.78 is 14.2. The number of pyridine rings is 3. The molecular weight excluding hydrogens is 939 g/mol. The molecule has 0 spiro atoms. The summed E-state index contributed by atoms with van der Waals surface area (Å²) in [5, 5.41) is 11.6. The Bertz CT molecular complexity index is 4850. The normalized spacial score (nSPS) is 11.8. The molecule has 368 valence electrons. The zero-order valence-corrected chi connectivity index (χ0v) is 44.1. The SMILES string of the molecule is Cc1cccc2c3ccccc3c3c(c12)[n+](C)c(-c1ccccc1)n3-c1ccccc1.Cc1cccc2c3ccccc3n3c4ccccc4[n+](C)c3c12.Cc1ccnc2c3ccccc3n3c4ccccc4[n+](C)c3c12. The Balaban J connectivity index is 0.000000107. The molecule has 0 aliphatic rings. The van der Waals surface area contributed by atoms with Gasteiger partial charge in [0.25, 0.3) is 17.1 Å². The van der Waals surface area contributed by atoms with Gasteiger partial charge in [-0.05, 0) is 127 Å². The van der Waals surface area contributed by atoms with Gasteiger partial charge in [0.15, 0.2) is 33.1 Å². The number of para-hydroxylation sites is 7. The average molecular weight is 995 g/mol. The predicted octanol–water partition coefficient (Wildman–Crippen LogP) is 15.2. The van der Waals surface area contributed by atoms with E-state index in [1.807, 2.05) is 6.20 Å². The van der Waals surface area contributed by atoms with Gasteiger partial charge in [-0.25, -0.2) is 13.7 Å². The smallest absolute Gasteiger partial charge is 0.255 e. The standard InChI is InChI=1S/C29H23N2.C21H17N2.C20H16N3/c1-20-12-11-19-24-23-17-9-10-18-25(23)27-28(26(20)24)30(2)29(21-13-5-3-6-14-21)31(27)22-15-7-4-8-16-22;1-14-8-7-10-16-15-9-3-4-11-17(15)23-19-13-6-5-12-18(19)22(2)21(23)20(14)16;1-13-11-12-21-19-14-7-3-4-8-15(14)23-17-10-6-5-9-16(17)22(2)20(23)18(13)19/h3-19H,1-2H3;3-13H,1-2H3;3-12H,1-2H3/q3*+1. The number of rotatable bonds is 2. The van der Waals surface area contributed by atoms with E-state index in [1.165, 1.54) is 138 Å². The van der Waals surface area contributed by atoms with Crippen molar-refractivity contribution >= 4 is 109 Å². The van der Waals surface area contributed by atoms with Gasteiger partial charge in [-0.15, -0.1) is 0 Å². The number of fused-ring (bicyclic) bond motifs is 22. The van der Waals surface area contributed by atoms with Crippen molar-refractivity contribution in [3.8, 4) is 17.1 Å². The van der Waals surface area contributed by atoms with Gasteiger partial charge in [0.2, 0.25) is 0 Å². The van der Waals surface area contributed by atoms with Gasteiger partial charge >= 0.3 is 0 Å². The Hall–Kier alpha value is -9.72. The topological polar surface area (TPSA) is 38.3 Å². The number of nitrogens with zero attached hydrogens (tertiary/aromatic N) is 7. The Morgan fingerprint density at radius 3 is 1.44 bits per heavy atom. The predicted molar refractivity (Wildman–Crippen MR) is 319 cm³/mol. The maximum Gasteiger partial charge on any atom is 0.297 e. The quantitative estimate of drug-likeness (QED) is 0.126. The van der Waals surface area contributed by atoms with Crippen molar-refractivity contribution in [2.45, 2.75) is 20.8 Å². The van der Waals surface area contributed by atoms with Gasteiger partial charge in [-0.3, -0.25) is 4.98 Å². The van der Waals surface area contributed by atoms with Crippen LogP contribution < -0.4 is 13.7 Å². The molecule has 6 heterocycles. The fraction of sp³-hybridized carbons (Fsp3) is 0.0857. The highest BCUT2D eigenvalue weighted by Gasteiger charge is 2.31. The molecule has 7 nitrogen and oxygen atoms in total. The van der Waals surface area contributed by atoms with Crippen LogP contribution >= 0.6 is 0 Å². The summed E-state index contributed by atoms with van der Waals surface area (Å²) in [5.74, 6) is 1.18. The molecule has 0 N–H and O–H groups in total. The monoisotopic (exact) mass is 994 g/mol. The fourth-order valence-corrected chi connectivity index (χ4v) is 12.7. The summed E-state index contributed by atoms with van der Waals surface area (Å²) in [6.45, 7) is 6.59. The first-order valence-electron chi connectivity index (χ1n) is 26.5. The van der Waals surface area contributed by atoms with E-state index in [0.717, 1.165) is 5.52 Å². The van der Waals surface area contributed by atoms with Crippen molar-refractivity contribution in [1.29, 1.82) is 0 Å². The highest BCUT2D eigenvalue weighted by Crippen LogP contribution is 2.40. The van der Waals surface area contributed by atoms with E-state index in [-0.39, 0.29) is 0 Å². The van der Waals surface area contributed by atoms with Gasteiger partial charge in [-0.1, -0.05) is 146 Å². The lowest BCUT2D eigenvalue weighted by Crippen LogP contribution is -2.30. The Labute approximate surface area is 445 Å². The van der Waals surface area contributed by atoms with Crippen LogP contribution in [-0.4, -0.2) is 18.4 Å². The molecule has 0 saturated heterocycles. The molecule has 16 aromatic rings. The Kier molecular flexibility index (Phi) is 10.7. The molecule has 77 heavy (non-hydrogen) atoms.